The number of aromatic nitrogens is 2. The Morgan fingerprint density at radius 2 is 2.15 bits per heavy atom. The van der Waals surface area contributed by atoms with Gasteiger partial charge in [0.25, 0.3) is 11.4 Å². The van der Waals surface area contributed by atoms with Crippen molar-refractivity contribution >= 4 is 20.5 Å². The van der Waals surface area contributed by atoms with E-state index in [1.807, 2.05) is 0 Å². The van der Waals surface area contributed by atoms with Crippen LogP contribution >= 0.6 is 20.5 Å². The van der Waals surface area contributed by atoms with Crippen LogP contribution in [0.25, 0.3) is 0 Å². The molecule has 27 heavy (non-hydrogen) atoms. The Morgan fingerprint density at radius 3 is 2.85 bits per heavy atom. The summed E-state index contributed by atoms with van der Waals surface area (Å²) in [7, 11) is -2.72. The zero-order chi connectivity index (χ0) is 19.6. The lowest BCUT2D eigenvalue weighted by Gasteiger charge is -2.20. The Hall–Kier alpha value is -2.00. The monoisotopic (exact) mass is 417 g/mol. The highest BCUT2D eigenvalue weighted by molar-refractivity contribution is 7.71. The molecule has 0 spiro atoms. The van der Waals surface area contributed by atoms with E-state index in [0.29, 0.717) is 5.56 Å². The van der Waals surface area contributed by atoms with Crippen molar-refractivity contribution in [3.8, 4) is 5.75 Å². The highest BCUT2D eigenvalue weighted by Crippen LogP contribution is 2.42. The molecule has 2 aromatic rings. The molecule has 0 bridgehead atoms. The molecular weight excluding hydrogens is 401 g/mol. The molecule has 2 heterocycles. The Bertz CT molecular complexity index is 954. The second kappa shape index (κ2) is 7.93. The van der Waals surface area contributed by atoms with Crippen molar-refractivity contribution < 1.29 is 27.1 Å². The van der Waals surface area contributed by atoms with E-state index in [2.05, 4.69) is 4.98 Å². The molecule has 1 N–H and O–H groups in total. The number of nitrogens with one attached hydrogen (secondary N) is 1. The topological polar surface area (TPSA) is 82.5 Å². The average molecular weight is 417 g/mol. The number of H-pyrrole nitrogens is 1. The molecule has 0 amide bonds. The summed E-state index contributed by atoms with van der Waals surface area (Å²) in [6, 6.07) is 8.14. The fourth-order valence-electron chi connectivity index (χ4n) is 2.53. The van der Waals surface area contributed by atoms with Crippen molar-refractivity contribution in [2.24, 2.45) is 0 Å². The predicted octanol–water partition coefficient (Wildman–Crippen LogP) is 3.89. The number of aromatic amines is 1. The van der Waals surface area contributed by atoms with Gasteiger partial charge >= 0.3 is 8.25 Å². The zero-order valence-corrected chi connectivity index (χ0v) is 15.8. The maximum Gasteiger partial charge on any atom is 0.750 e. The van der Waals surface area contributed by atoms with Gasteiger partial charge in [-0.15, -0.1) is 4.52 Å². The van der Waals surface area contributed by atoms with E-state index < -0.39 is 38.7 Å². The van der Waals surface area contributed by atoms with Gasteiger partial charge in [-0.1, -0.05) is 18.2 Å². The molecule has 1 unspecified atom stereocenters. The third kappa shape index (κ3) is 4.47. The van der Waals surface area contributed by atoms with Crippen molar-refractivity contribution in [1.82, 2.24) is 9.55 Å². The summed E-state index contributed by atoms with van der Waals surface area (Å²) in [4.78, 5) is 13.9. The number of hydrogen-bond acceptors (Lipinski definition) is 6. The Labute approximate surface area is 158 Å². The molecule has 0 aliphatic carbocycles. The van der Waals surface area contributed by atoms with Crippen LogP contribution in [0.3, 0.4) is 0 Å². The molecule has 11 heteroatoms. The minimum absolute atomic E-state index is 0.0218. The van der Waals surface area contributed by atoms with Crippen molar-refractivity contribution in [3.63, 3.8) is 0 Å². The largest absolute Gasteiger partial charge is 0.750 e. The van der Waals surface area contributed by atoms with Gasteiger partial charge in [0.05, 0.1) is 0 Å². The van der Waals surface area contributed by atoms with Gasteiger partial charge in [0.15, 0.2) is 23.3 Å². The van der Waals surface area contributed by atoms with Crippen LogP contribution in [-0.4, -0.2) is 28.2 Å². The number of alkyl halides is 2. The first-order valence-corrected chi connectivity index (χ1v) is 9.45. The lowest BCUT2D eigenvalue weighted by molar-refractivity contribution is -0.191. The van der Waals surface area contributed by atoms with E-state index in [1.165, 1.54) is 17.7 Å². The standard InChI is InChI=1S/C16H15F2N2O5PS/c1-10-8-20(15(27)19-14(10)21)13-7-12(17)16(18,24-13)9-23-26(22)25-11-5-3-2-4-6-11/h2-6,8,12-13H,7,9H2,1H3/p+1/t12-,13+,16+/m0/s1. The van der Waals surface area contributed by atoms with Gasteiger partial charge in [-0.05, 0) is 31.3 Å². The lowest BCUT2D eigenvalue weighted by atomic mass is 10.2. The van der Waals surface area contributed by atoms with Crippen molar-refractivity contribution in [3.05, 3.63) is 57.2 Å². The summed E-state index contributed by atoms with van der Waals surface area (Å²) in [6.45, 7) is 0.603. The molecule has 1 aromatic carbocycles. The van der Waals surface area contributed by atoms with Crippen LogP contribution in [0.15, 0.2) is 41.3 Å². The van der Waals surface area contributed by atoms with Gasteiger partial charge in [-0.2, -0.15) is 0 Å². The third-order valence-corrected chi connectivity index (χ3v) is 4.97. The minimum atomic E-state index is -2.82. The first-order chi connectivity index (χ1) is 12.8. The van der Waals surface area contributed by atoms with Crippen LogP contribution < -0.4 is 10.1 Å². The molecule has 144 valence electrons. The summed E-state index contributed by atoms with van der Waals surface area (Å²) in [5.41, 5.74) is -0.0782. The van der Waals surface area contributed by atoms with E-state index in [0.717, 1.165) is 0 Å². The number of rotatable bonds is 6. The molecule has 3 rings (SSSR count). The van der Waals surface area contributed by atoms with Gasteiger partial charge in [0, 0.05) is 22.7 Å². The summed E-state index contributed by atoms with van der Waals surface area (Å²) < 4.78 is 57.1. The summed E-state index contributed by atoms with van der Waals surface area (Å²) >= 11 is 5.01. The SMILES string of the molecule is Cc1cn([C@H]2C[C@H](F)[C@@](F)(CO[P+](=O)Oc3ccccc3)O2)c(=S)[nH]c1=O. The first kappa shape index (κ1) is 19.8. The van der Waals surface area contributed by atoms with Gasteiger partial charge in [-0.3, -0.25) is 14.3 Å². The molecule has 7 nitrogen and oxygen atoms in total. The van der Waals surface area contributed by atoms with Gasteiger partial charge in [0.1, 0.15) is 6.23 Å². The van der Waals surface area contributed by atoms with Crippen LogP contribution in [0, 0.1) is 11.7 Å². The van der Waals surface area contributed by atoms with Gasteiger partial charge in [0.2, 0.25) is 0 Å². The first-order valence-electron chi connectivity index (χ1n) is 7.94. The van der Waals surface area contributed by atoms with Crippen LogP contribution in [0.4, 0.5) is 8.78 Å². The fourth-order valence-corrected chi connectivity index (χ4v) is 3.42. The van der Waals surface area contributed by atoms with Crippen molar-refractivity contribution in [2.45, 2.75) is 31.6 Å². The molecule has 1 aliphatic heterocycles. The van der Waals surface area contributed by atoms with E-state index in [1.54, 1.807) is 30.3 Å². The van der Waals surface area contributed by atoms with Crippen molar-refractivity contribution in [1.29, 1.82) is 0 Å². The Balaban J connectivity index is 1.66. The number of halogens is 2. The Kier molecular flexibility index (Phi) is 5.81. The maximum absolute atomic E-state index is 14.8. The molecule has 1 fully saturated rings. The van der Waals surface area contributed by atoms with Gasteiger partial charge in [-0.25, -0.2) is 13.3 Å². The van der Waals surface area contributed by atoms with Crippen LogP contribution in [0.1, 0.15) is 18.2 Å². The number of benzene rings is 1. The fraction of sp³-hybridized carbons (Fsp3) is 0.375. The van der Waals surface area contributed by atoms with E-state index in [4.69, 9.17) is 26.0 Å². The van der Waals surface area contributed by atoms with Crippen LogP contribution in [0.5, 0.6) is 5.75 Å². The van der Waals surface area contributed by atoms with Gasteiger partial charge < -0.3 is 4.74 Å². The number of aryl methyl sites for hydroxylation is 1. The second-order valence-corrected chi connectivity index (χ2v) is 7.22. The van der Waals surface area contributed by atoms with E-state index in [-0.39, 0.29) is 16.9 Å². The highest BCUT2D eigenvalue weighted by Gasteiger charge is 2.53. The zero-order valence-electron chi connectivity index (χ0n) is 14.1. The molecule has 0 radical (unpaired) electrons. The van der Waals surface area contributed by atoms with Crippen LogP contribution in [0.2, 0.25) is 0 Å². The normalized spacial score (nSPS) is 25.4. The third-order valence-electron chi connectivity index (χ3n) is 3.95. The quantitative estimate of drug-likeness (QED) is 0.567. The molecule has 1 aliphatic rings. The molecule has 4 atom stereocenters. The summed E-state index contributed by atoms with van der Waals surface area (Å²) in [5, 5.41) is 0. The molecule has 1 saturated heterocycles. The van der Waals surface area contributed by atoms with E-state index >= 15 is 0 Å². The van der Waals surface area contributed by atoms with E-state index in [9.17, 15) is 18.1 Å². The number of ether oxygens (including phenoxy) is 1. The lowest BCUT2D eigenvalue weighted by Crippen LogP contribution is -2.36. The Morgan fingerprint density at radius 1 is 1.44 bits per heavy atom. The summed E-state index contributed by atoms with van der Waals surface area (Å²) in [6.07, 6.45) is -2.11. The minimum Gasteiger partial charge on any atom is -0.317 e. The summed E-state index contributed by atoms with van der Waals surface area (Å²) in [5.74, 6) is -2.56. The molecule has 0 saturated carbocycles. The van der Waals surface area contributed by atoms with Crippen LogP contribution in [-0.2, 0) is 13.8 Å². The number of hydrogen-bond donors (Lipinski definition) is 1. The van der Waals surface area contributed by atoms with Crippen molar-refractivity contribution in [2.75, 3.05) is 6.61 Å². The predicted molar refractivity (Wildman–Crippen MR) is 94.7 cm³/mol. The molecule has 1 aromatic heterocycles. The average Bonchev–Trinajstić information content (AvgIpc) is 2.92. The smallest absolute Gasteiger partial charge is 0.317 e. The number of nitrogens with zero attached hydrogens (tertiary/aromatic N) is 1. The number of para-hydroxylation sites is 1. The highest BCUT2D eigenvalue weighted by atomic mass is 32.1. The molecular formula is C16H16F2N2O5PS+. The second-order valence-electron chi connectivity index (χ2n) is 5.94. The maximum atomic E-state index is 14.8.